The Morgan fingerprint density at radius 2 is 1.84 bits per heavy atom. The van der Waals surface area contributed by atoms with Gasteiger partial charge in [0.2, 0.25) is 0 Å². The molecular formula is C23H35N2. The quantitative estimate of drug-likeness (QED) is 0.580. The first kappa shape index (κ1) is 19.6. The average Bonchev–Trinajstić information content (AvgIpc) is 2.82. The summed E-state index contributed by atoms with van der Waals surface area (Å²) in [5.41, 5.74) is 7.16. The van der Waals surface area contributed by atoms with E-state index in [2.05, 4.69) is 88.9 Å². The minimum atomic E-state index is 0.533. The molecule has 0 aliphatic rings. The number of nitrogens with zero attached hydrogens (tertiary/aromatic N) is 2. The Balaban J connectivity index is 2.43. The van der Waals surface area contributed by atoms with E-state index < -0.39 is 0 Å². The van der Waals surface area contributed by atoms with Gasteiger partial charge in [-0.2, -0.15) is 0 Å². The van der Waals surface area contributed by atoms with Crippen LogP contribution in [0, 0.1) is 20.3 Å². The lowest BCUT2D eigenvalue weighted by Gasteiger charge is -2.20. The van der Waals surface area contributed by atoms with Crippen molar-refractivity contribution in [2.45, 2.75) is 60.3 Å². The minimum absolute atomic E-state index is 0.533. The predicted molar refractivity (Wildman–Crippen MR) is 111 cm³/mol. The molecule has 2 rings (SSSR count). The van der Waals surface area contributed by atoms with Gasteiger partial charge in [-0.15, -0.1) is 0 Å². The average molecular weight is 340 g/mol. The number of aryl methyl sites for hydroxylation is 3. The molecule has 0 aliphatic carbocycles. The molecule has 137 valence electrons. The van der Waals surface area contributed by atoms with Gasteiger partial charge in [-0.05, 0) is 74.1 Å². The summed E-state index contributed by atoms with van der Waals surface area (Å²) in [6, 6.07) is 4.75. The highest BCUT2D eigenvalue weighted by molar-refractivity contribution is 5.87. The van der Waals surface area contributed by atoms with Crippen LogP contribution < -0.4 is 0 Å². The zero-order valence-electron chi connectivity index (χ0n) is 17.2. The Bertz CT molecular complexity index is 734. The number of fused-ring (bicyclic) bond motifs is 1. The fraction of sp³-hybridized carbons (Fsp3) is 0.522. The fourth-order valence-corrected chi connectivity index (χ4v) is 3.76. The van der Waals surface area contributed by atoms with Gasteiger partial charge in [0.05, 0.1) is 0 Å². The van der Waals surface area contributed by atoms with Crippen molar-refractivity contribution < 1.29 is 0 Å². The second-order valence-corrected chi connectivity index (χ2v) is 7.48. The largest absolute Gasteiger partial charge is 0.377 e. The number of aromatic nitrogens is 1. The van der Waals surface area contributed by atoms with Crippen LogP contribution in [0.15, 0.2) is 24.4 Å². The Hall–Kier alpha value is -1.70. The molecule has 0 spiro atoms. The second kappa shape index (κ2) is 8.60. The SMILES string of the molecule is C[CH]CN(/C=C/CC)CCc1c(C(C)C)n(C)c2cc(C)c(C)cc12. The molecule has 1 aromatic carbocycles. The van der Waals surface area contributed by atoms with Crippen LogP contribution >= 0.6 is 0 Å². The molecule has 2 nitrogen and oxygen atoms in total. The summed E-state index contributed by atoms with van der Waals surface area (Å²) in [5, 5.41) is 1.44. The summed E-state index contributed by atoms with van der Waals surface area (Å²) in [4.78, 5) is 2.42. The first-order valence-corrected chi connectivity index (χ1v) is 9.67. The van der Waals surface area contributed by atoms with Gasteiger partial charge in [0.1, 0.15) is 0 Å². The summed E-state index contributed by atoms with van der Waals surface area (Å²) >= 11 is 0. The van der Waals surface area contributed by atoms with Crippen molar-refractivity contribution in [1.29, 1.82) is 0 Å². The third kappa shape index (κ3) is 4.29. The number of benzene rings is 1. The van der Waals surface area contributed by atoms with E-state index in [1.165, 1.54) is 33.3 Å². The van der Waals surface area contributed by atoms with Gasteiger partial charge in [-0.3, -0.25) is 0 Å². The van der Waals surface area contributed by atoms with E-state index in [4.69, 9.17) is 0 Å². The van der Waals surface area contributed by atoms with Crippen LogP contribution in [0.3, 0.4) is 0 Å². The highest BCUT2D eigenvalue weighted by Gasteiger charge is 2.18. The smallest absolute Gasteiger partial charge is 0.0485 e. The van der Waals surface area contributed by atoms with Gasteiger partial charge in [0.25, 0.3) is 0 Å². The van der Waals surface area contributed by atoms with E-state index in [-0.39, 0.29) is 0 Å². The van der Waals surface area contributed by atoms with E-state index in [1.807, 2.05) is 0 Å². The molecule has 0 bridgehead atoms. The van der Waals surface area contributed by atoms with Crippen molar-refractivity contribution in [3.8, 4) is 0 Å². The Kier molecular flexibility index (Phi) is 6.75. The summed E-state index contributed by atoms with van der Waals surface area (Å²) < 4.78 is 2.42. The van der Waals surface area contributed by atoms with E-state index in [1.54, 1.807) is 0 Å². The van der Waals surface area contributed by atoms with Crippen LogP contribution in [-0.2, 0) is 13.5 Å². The fourth-order valence-electron chi connectivity index (χ4n) is 3.76. The third-order valence-corrected chi connectivity index (χ3v) is 5.13. The lowest BCUT2D eigenvalue weighted by molar-refractivity contribution is 0.406. The van der Waals surface area contributed by atoms with Gasteiger partial charge in [-0.1, -0.05) is 33.8 Å². The topological polar surface area (TPSA) is 8.17 Å². The first-order valence-electron chi connectivity index (χ1n) is 9.67. The zero-order chi connectivity index (χ0) is 18.6. The Morgan fingerprint density at radius 3 is 2.44 bits per heavy atom. The van der Waals surface area contributed by atoms with Crippen molar-refractivity contribution in [2.75, 3.05) is 13.1 Å². The van der Waals surface area contributed by atoms with Gasteiger partial charge >= 0.3 is 0 Å². The summed E-state index contributed by atoms with van der Waals surface area (Å²) in [6.07, 6.45) is 8.93. The van der Waals surface area contributed by atoms with Crippen LogP contribution in [0.1, 0.15) is 62.4 Å². The van der Waals surface area contributed by atoms with Crippen molar-refractivity contribution in [2.24, 2.45) is 7.05 Å². The molecule has 0 aliphatic heterocycles. The van der Waals surface area contributed by atoms with Crippen molar-refractivity contribution in [3.05, 3.63) is 53.2 Å². The molecule has 0 saturated heterocycles. The summed E-state index contributed by atoms with van der Waals surface area (Å²) in [5.74, 6) is 0.533. The molecule has 1 aromatic heterocycles. The van der Waals surface area contributed by atoms with Gasteiger partial charge in [0, 0.05) is 36.7 Å². The number of hydrogen-bond donors (Lipinski definition) is 0. The van der Waals surface area contributed by atoms with E-state index in [0.29, 0.717) is 5.92 Å². The maximum atomic E-state index is 2.42. The molecule has 2 aromatic rings. The molecule has 2 heteroatoms. The molecule has 1 heterocycles. The monoisotopic (exact) mass is 339 g/mol. The third-order valence-electron chi connectivity index (χ3n) is 5.13. The van der Waals surface area contributed by atoms with Crippen molar-refractivity contribution in [3.63, 3.8) is 0 Å². The normalized spacial score (nSPS) is 12.0. The lowest BCUT2D eigenvalue weighted by Crippen LogP contribution is -2.21. The lowest BCUT2D eigenvalue weighted by atomic mass is 9.98. The Labute approximate surface area is 154 Å². The number of allylic oxidation sites excluding steroid dienone is 1. The van der Waals surface area contributed by atoms with Crippen LogP contribution in [0.5, 0.6) is 0 Å². The van der Waals surface area contributed by atoms with Crippen molar-refractivity contribution >= 4 is 10.9 Å². The van der Waals surface area contributed by atoms with Crippen LogP contribution in [-0.4, -0.2) is 22.6 Å². The van der Waals surface area contributed by atoms with Crippen molar-refractivity contribution in [1.82, 2.24) is 9.47 Å². The van der Waals surface area contributed by atoms with Gasteiger partial charge in [-0.25, -0.2) is 0 Å². The van der Waals surface area contributed by atoms with E-state index >= 15 is 0 Å². The molecule has 0 unspecified atom stereocenters. The molecule has 0 amide bonds. The first-order chi connectivity index (χ1) is 11.9. The van der Waals surface area contributed by atoms with Gasteiger partial charge < -0.3 is 9.47 Å². The molecule has 0 fully saturated rings. The minimum Gasteiger partial charge on any atom is -0.377 e. The number of rotatable bonds is 8. The number of hydrogen-bond acceptors (Lipinski definition) is 1. The van der Waals surface area contributed by atoms with E-state index in [9.17, 15) is 0 Å². The molecule has 0 atom stereocenters. The van der Waals surface area contributed by atoms with Crippen LogP contribution in [0.2, 0.25) is 0 Å². The van der Waals surface area contributed by atoms with Crippen LogP contribution in [0.25, 0.3) is 10.9 Å². The van der Waals surface area contributed by atoms with Gasteiger partial charge in [0.15, 0.2) is 0 Å². The molecule has 0 saturated carbocycles. The highest BCUT2D eigenvalue weighted by Crippen LogP contribution is 2.32. The summed E-state index contributed by atoms with van der Waals surface area (Å²) in [6.45, 7) is 15.5. The molecule has 1 radical (unpaired) electrons. The van der Waals surface area contributed by atoms with E-state index in [0.717, 1.165) is 25.9 Å². The molecular weight excluding hydrogens is 304 g/mol. The van der Waals surface area contributed by atoms with Crippen LogP contribution in [0.4, 0.5) is 0 Å². The molecule has 0 N–H and O–H groups in total. The molecule has 25 heavy (non-hydrogen) atoms. The summed E-state index contributed by atoms with van der Waals surface area (Å²) in [7, 11) is 2.23. The zero-order valence-corrected chi connectivity index (χ0v) is 17.2. The Morgan fingerprint density at radius 1 is 1.16 bits per heavy atom. The maximum Gasteiger partial charge on any atom is 0.0485 e. The highest BCUT2D eigenvalue weighted by atomic mass is 15.1. The standard InChI is InChI=1S/C23H35N2/c1-8-10-13-25(12-9-2)14-11-20-21-15-18(5)19(6)16-22(21)24(7)23(20)17(3)4/h9-10,13,15-17H,8,11-12,14H2,1-7H3/b13-10+. The predicted octanol–water partition coefficient (Wildman–Crippen LogP) is 5.91. The second-order valence-electron chi connectivity index (χ2n) is 7.48. The maximum absolute atomic E-state index is 2.42.